The highest BCUT2D eigenvalue weighted by Gasteiger charge is 2.15. The van der Waals surface area contributed by atoms with Crippen molar-refractivity contribution in [2.45, 2.75) is 6.54 Å². The summed E-state index contributed by atoms with van der Waals surface area (Å²) in [6.45, 7) is 0.487. The van der Waals surface area contributed by atoms with Crippen LogP contribution in [0.2, 0.25) is 0 Å². The van der Waals surface area contributed by atoms with Gasteiger partial charge in [-0.1, -0.05) is 12.0 Å². The van der Waals surface area contributed by atoms with Crippen LogP contribution < -0.4 is 19.5 Å². The van der Waals surface area contributed by atoms with Gasteiger partial charge in [-0.25, -0.2) is 14.6 Å². The lowest BCUT2D eigenvalue weighted by Gasteiger charge is -2.14. The molecule has 0 bridgehead atoms. The zero-order valence-electron chi connectivity index (χ0n) is 17.4. The Bertz CT molecular complexity index is 1250. The summed E-state index contributed by atoms with van der Waals surface area (Å²) in [7, 11) is 4.75. The number of rotatable bonds is 7. The number of nitrogens with zero attached hydrogens (tertiary/aromatic N) is 4. The minimum atomic E-state index is 0.487. The summed E-state index contributed by atoms with van der Waals surface area (Å²) in [6, 6.07) is 11.4. The van der Waals surface area contributed by atoms with Gasteiger partial charge in [0.1, 0.15) is 12.1 Å². The highest BCUT2D eigenvalue weighted by molar-refractivity contribution is 5.87. The third-order valence-corrected chi connectivity index (χ3v) is 4.81. The Labute approximate surface area is 179 Å². The van der Waals surface area contributed by atoms with Crippen molar-refractivity contribution in [1.29, 1.82) is 0 Å². The average Bonchev–Trinajstić information content (AvgIpc) is 3.26. The van der Waals surface area contributed by atoms with Gasteiger partial charge < -0.3 is 19.5 Å². The van der Waals surface area contributed by atoms with Gasteiger partial charge in [-0.3, -0.25) is 0 Å². The lowest BCUT2D eigenvalue weighted by Crippen LogP contribution is -2.04. The maximum atomic E-state index is 5.52. The van der Waals surface area contributed by atoms with Crippen LogP contribution in [0.15, 0.2) is 48.9 Å². The molecule has 31 heavy (non-hydrogen) atoms. The molecule has 8 nitrogen and oxygen atoms in total. The van der Waals surface area contributed by atoms with E-state index in [-0.39, 0.29) is 0 Å². The van der Waals surface area contributed by atoms with Crippen molar-refractivity contribution in [3.63, 3.8) is 0 Å². The maximum Gasteiger partial charge on any atom is 0.203 e. The van der Waals surface area contributed by atoms with E-state index < -0.39 is 0 Å². The lowest BCUT2D eigenvalue weighted by atomic mass is 10.1. The molecule has 0 unspecified atom stereocenters. The van der Waals surface area contributed by atoms with Crippen LogP contribution in [-0.4, -0.2) is 41.1 Å². The summed E-state index contributed by atoms with van der Waals surface area (Å²) >= 11 is 0. The second-order valence-corrected chi connectivity index (χ2v) is 6.60. The third kappa shape index (κ3) is 3.81. The van der Waals surface area contributed by atoms with E-state index in [9.17, 15) is 0 Å². The van der Waals surface area contributed by atoms with E-state index in [1.807, 2.05) is 36.4 Å². The van der Waals surface area contributed by atoms with Gasteiger partial charge >= 0.3 is 0 Å². The topological polar surface area (TPSA) is 83.3 Å². The number of nitrogens with one attached hydrogen (secondary N) is 1. The predicted molar refractivity (Wildman–Crippen MR) is 118 cm³/mol. The Hall–Kier alpha value is -4.25. The summed E-state index contributed by atoms with van der Waals surface area (Å²) in [5.74, 6) is 5.03. The predicted octanol–water partition coefficient (Wildman–Crippen LogP) is 3.43. The summed E-state index contributed by atoms with van der Waals surface area (Å²) < 4.78 is 18.0. The summed E-state index contributed by atoms with van der Waals surface area (Å²) in [5, 5.41) is 8.62. The number of benzene rings is 2. The highest BCUT2D eigenvalue weighted by Crippen LogP contribution is 2.38. The van der Waals surface area contributed by atoms with Gasteiger partial charge in [0, 0.05) is 12.1 Å². The van der Waals surface area contributed by atoms with E-state index in [1.54, 1.807) is 32.2 Å². The summed E-state index contributed by atoms with van der Waals surface area (Å²) in [5.41, 5.74) is 3.22. The monoisotopic (exact) mass is 415 g/mol. The van der Waals surface area contributed by atoms with Crippen LogP contribution in [0.25, 0.3) is 16.7 Å². The molecule has 0 saturated carbocycles. The quantitative estimate of drug-likeness (QED) is 0.463. The lowest BCUT2D eigenvalue weighted by molar-refractivity contribution is 0.324. The molecule has 2 heterocycles. The number of aromatic nitrogens is 4. The van der Waals surface area contributed by atoms with Crippen molar-refractivity contribution in [2.75, 3.05) is 26.6 Å². The van der Waals surface area contributed by atoms with Crippen LogP contribution in [0.1, 0.15) is 11.1 Å². The molecule has 0 saturated heterocycles. The molecular weight excluding hydrogens is 394 g/mol. The molecule has 0 radical (unpaired) electrons. The molecule has 0 fully saturated rings. The van der Waals surface area contributed by atoms with Crippen LogP contribution in [0.4, 0.5) is 5.82 Å². The number of hydrogen-bond donors (Lipinski definition) is 1. The fraction of sp³-hybridized carbons (Fsp3) is 0.174. The zero-order chi connectivity index (χ0) is 21.8. The smallest absolute Gasteiger partial charge is 0.203 e. The molecule has 156 valence electrons. The Morgan fingerprint density at radius 3 is 2.48 bits per heavy atom. The fourth-order valence-corrected chi connectivity index (χ4v) is 3.32. The van der Waals surface area contributed by atoms with E-state index in [4.69, 9.17) is 20.6 Å². The van der Waals surface area contributed by atoms with Gasteiger partial charge in [0.15, 0.2) is 17.1 Å². The minimum Gasteiger partial charge on any atom is -0.493 e. The number of anilines is 1. The first-order valence-corrected chi connectivity index (χ1v) is 9.47. The molecule has 2 aromatic heterocycles. The number of methoxy groups -OCH3 is 3. The average molecular weight is 415 g/mol. The van der Waals surface area contributed by atoms with Crippen molar-refractivity contribution in [1.82, 2.24) is 19.7 Å². The van der Waals surface area contributed by atoms with E-state index in [0.29, 0.717) is 35.3 Å². The van der Waals surface area contributed by atoms with Crippen molar-refractivity contribution >= 4 is 16.9 Å². The molecule has 0 spiro atoms. The Morgan fingerprint density at radius 2 is 1.81 bits per heavy atom. The van der Waals surface area contributed by atoms with Crippen LogP contribution in [0.5, 0.6) is 17.2 Å². The van der Waals surface area contributed by atoms with Gasteiger partial charge in [0.05, 0.1) is 38.6 Å². The van der Waals surface area contributed by atoms with Crippen molar-refractivity contribution < 1.29 is 14.2 Å². The third-order valence-electron chi connectivity index (χ3n) is 4.81. The SMILES string of the molecule is C#Cc1cccc(-n2ncc3c(NCc4cc(OC)c(OC)c(OC)c4)ncnc32)c1. The second-order valence-electron chi connectivity index (χ2n) is 6.60. The Kier molecular flexibility index (Phi) is 5.58. The van der Waals surface area contributed by atoms with Gasteiger partial charge in [0.2, 0.25) is 5.75 Å². The van der Waals surface area contributed by atoms with Gasteiger partial charge in [-0.15, -0.1) is 6.42 Å². The van der Waals surface area contributed by atoms with Crippen molar-refractivity contribution in [3.05, 3.63) is 60.0 Å². The standard InChI is InChI=1S/C23H21N5O3/c1-5-15-7-6-8-17(9-15)28-23-18(13-27-28)22(25-14-26-23)24-12-16-10-19(29-2)21(31-4)20(11-16)30-3/h1,6-11,13-14H,12H2,2-4H3,(H,24,25,26). The summed E-state index contributed by atoms with van der Waals surface area (Å²) in [6.07, 6.45) is 8.76. The molecule has 0 amide bonds. The van der Waals surface area contributed by atoms with Crippen LogP contribution in [0, 0.1) is 12.3 Å². The first kappa shape index (κ1) is 20.0. The molecule has 2 aromatic carbocycles. The fourth-order valence-electron chi connectivity index (χ4n) is 3.32. The van der Waals surface area contributed by atoms with Crippen molar-refractivity contribution in [3.8, 4) is 35.3 Å². The Morgan fingerprint density at radius 1 is 1.03 bits per heavy atom. The Balaban J connectivity index is 1.65. The van der Waals surface area contributed by atoms with E-state index >= 15 is 0 Å². The van der Waals surface area contributed by atoms with E-state index in [1.165, 1.54) is 6.33 Å². The largest absolute Gasteiger partial charge is 0.493 e. The van der Waals surface area contributed by atoms with E-state index in [2.05, 4.69) is 26.3 Å². The van der Waals surface area contributed by atoms with Gasteiger partial charge in [0.25, 0.3) is 0 Å². The molecule has 0 aliphatic carbocycles. The minimum absolute atomic E-state index is 0.487. The van der Waals surface area contributed by atoms with Crippen LogP contribution in [0.3, 0.4) is 0 Å². The first-order chi connectivity index (χ1) is 15.2. The van der Waals surface area contributed by atoms with Crippen LogP contribution in [-0.2, 0) is 6.54 Å². The summed E-state index contributed by atoms with van der Waals surface area (Å²) in [4.78, 5) is 8.79. The maximum absolute atomic E-state index is 5.52. The van der Waals surface area contributed by atoms with Crippen LogP contribution >= 0.6 is 0 Å². The molecule has 4 aromatic rings. The molecular formula is C23H21N5O3. The molecule has 4 rings (SSSR count). The molecule has 0 aliphatic rings. The number of hydrogen-bond acceptors (Lipinski definition) is 7. The van der Waals surface area contributed by atoms with Gasteiger partial charge in [-0.2, -0.15) is 5.10 Å². The van der Waals surface area contributed by atoms with E-state index in [0.717, 1.165) is 22.2 Å². The number of terminal acetylenes is 1. The zero-order valence-corrected chi connectivity index (χ0v) is 17.4. The van der Waals surface area contributed by atoms with Crippen molar-refractivity contribution in [2.24, 2.45) is 0 Å². The number of fused-ring (bicyclic) bond motifs is 1. The first-order valence-electron chi connectivity index (χ1n) is 9.47. The molecule has 8 heteroatoms. The normalized spacial score (nSPS) is 10.5. The number of ether oxygens (including phenoxy) is 3. The second kappa shape index (κ2) is 8.63. The molecule has 1 N–H and O–H groups in total. The molecule has 0 aliphatic heterocycles. The van der Waals surface area contributed by atoms with Gasteiger partial charge in [-0.05, 0) is 35.9 Å². The molecule has 0 atom stereocenters. The highest BCUT2D eigenvalue weighted by atomic mass is 16.5.